The summed E-state index contributed by atoms with van der Waals surface area (Å²) in [4.78, 5) is 67.7. The first kappa shape index (κ1) is 32.1. The fraction of sp³-hybridized carbons (Fsp3) is 0.219. The van der Waals surface area contributed by atoms with E-state index in [9.17, 15) is 37.1 Å². The Morgan fingerprint density at radius 3 is 2.38 bits per heavy atom. The maximum atomic E-state index is 13.8. The second kappa shape index (κ2) is 12.7. The van der Waals surface area contributed by atoms with Crippen molar-refractivity contribution in [2.75, 3.05) is 23.4 Å². The van der Waals surface area contributed by atoms with E-state index in [2.05, 4.69) is 10.3 Å². The number of hydrogen-bond acceptors (Lipinski definition) is 9. The molecule has 242 valence electrons. The first-order valence-corrected chi connectivity index (χ1v) is 15.9. The van der Waals surface area contributed by atoms with Gasteiger partial charge in [0, 0.05) is 16.5 Å². The van der Waals surface area contributed by atoms with E-state index in [1.54, 1.807) is 43.3 Å². The molecule has 0 aliphatic carbocycles. The summed E-state index contributed by atoms with van der Waals surface area (Å²) in [6.45, 7) is 1.60. The molecular weight excluding hydrogens is 659 g/mol. The number of anilines is 2. The number of ether oxygens (including phenoxy) is 2. The molecule has 0 saturated carbocycles. The van der Waals surface area contributed by atoms with Gasteiger partial charge in [-0.15, -0.1) is 0 Å². The molecule has 47 heavy (non-hydrogen) atoms. The van der Waals surface area contributed by atoms with Gasteiger partial charge in [-0.3, -0.25) is 19.2 Å². The molecule has 2 aliphatic heterocycles. The lowest BCUT2D eigenvalue weighted by Gasteiger charge is -2.29. The minimum atomic E-state index is -4.67. The highest BCUT2D eigenvalue weighted by atomic mass is 32.2. The molecule has 0 radical (unpaired) electrons. The lowest BCUT2D eigenvalue weighted by molar-refractivity contribution is -0.137. The number of aromatic nitrogens is 1. The average Bonchev–Trinajstić information content (AvgIpc) is 3.54. The number of nitrogens with one attached hydrogen (secondary N) is 2. The van der Waals surface area contributed by atoms with Gasteiger partial charge in [0.15, 0.2) is 6.61 Å². The van der Waals surface area contributed by atoms with Crippen LogP contribution in [-0.2, 0) is 25.3 Å². The molecule has 4 aromatic rings. The number of rotatable bonds is 8. The van der Waals surface area contributed by atoms with Crippen molar-refractivity contribution in [3.63, 3.8) is 0 Å². The van der Waals surface area contributed by atoms with Gasteiger partial charge < -0.3 is 19.8 Å². The molecule has 0 unspecified atom stereocenters. The first-order chi connectivity index (χ1) is 22.4. The van der Waals surface area contributed by atoms with Gasteiger partial charge in [-0.2, -0.15) is 13.2 Å². The van der Waals surface area contributed by atoms with Crippen LogP contribution in [0, 0.1) is 5.92 Å². The number of fused-ring (bicyclic) bond motifs is 2. The molecular formula is C32H24F3N3O7S2. The van der Waals surface area contributed by atoms with Crippen LogP contribution in [0.5, 0.6) is 5.75 Å². The second-order valence-corrected chi connectivity index (χ2v) is 12.7. The molecule has 1 fully saturated rings. The zero-order valence-corrected chi connectivity index (χ0v) is 26.0. The number of benzene rings is 3. The summed E-state index contributed by atoms with van der Waals surface area (Å²) >= 11 is 1.91. The Labute approximate surface area is 272 Å². The third-order valence-corrected chi connectivity index (χ3v) is 9.95. The fourth-order valence-corrected chi connectivity index (χ4v) is 7.99. The number of esters is 1. The maximum absolute atomic E-state index is 13.8. The molecule has 3 atom stereocenters. The average molecular weight is 684 g/mol. The number of carbonyl (C=O) groups excluding carboxylic acids is 4. The zero-order chi connectivity index (χ0) is 33.5. The first-order valence-electron chi connectivity index (χ1n) is 14.2. The Morgan fingerprint density at radius 1 is 0.979 bits per heavy atom. The van der Waals surface area contributed by atoms with E-state index in [-0.39, 0.29) is 23.8 Å². The van der Waals surface area contributed by atoms with Crippen molar-refractivity contribution in [3.05, 3.63) is 104 Å². The van der Waals surface area contributed by atoms with Gasteiger partial charge in [0.2, 0.25) is 11.8 Å². The molecule has 6 rings (SSSR count). The molecule has 3 heterocycles. The van der Waals surface area contributed by atoms with Gasteiger partial charge in [-0.05, 0) is 67.1 Å². The van der Waals surface area contributed by atoms with Gasteiger partial charge >= 0.3 is 17.0 Å². The third-order valence-electron chi connectivity index (χ3n) is 7.54. The number of H-pyrrole nitrogens is 1. The Bertz CT molecular complexity index is 1920. The number of amides is 3. The normalized spacial score (nSPS) is 18.8. The molecule has 1 aromatic heterocycles. The van der Waals surface area contributed by atoms with Crippen LogP contribution in [0.25, 0.3) is 0 Å². The largest absolute Gasteiger partial charge is 0.484 e. The van der Waals surface area contributed by atoms with Crippen LogP contribution in [0.3, 0.4) is 0 Å². The molecule has 1 saturated heterocycles. The summed E-state index contributed by atoms with van der Waals surface area (Å²) in [7, 11) is 0. The van der Waals surface area contributed by atoms with Crippen molar-refractivity contribution in [2.45, 2.75) is 29.3 Å². The van der Waals surface area contributed by atoms with Gasteiger partial charge in [0.1, 0.15) is 11.0 Å². The number of aromatic amines is 1. The number of halogens is 3. The molecule has 2 N–H and O–H groups in total. The van der Waals surface area contributed by atoms with Crippen LogP contribution in [0.1, 0.15) is 39.2 Å². The Morgan fingerprint density at radius 2 is 1.70 bits per heavy atom. The number of thioether (sulfide) groups is 1. The molecule has 10 nitrogen and oxygen atoms in total. The van der Waals surface area contributed by atoms with Gasteiger partial charge in [0.05, 0.1) is 34.4 Å². The summed E-state index contributed by atoms with van der Waals surface area (Å²) in [6, 6.07) is 16.7. The van der Waals surface area contributed by atoms with Crippen LogP contribution in [0.2, 0.25) is 0 Å². The molecule has 15 heteroatoms. The maximum Gasteiger partial charge on any atom is 0.416 e. The summed E-state index contributed by atoms with van der Waals surface area (Å²) in [6.07, 6.45) is -4.67. The lowest BCUT2D eigenvalue weighted by atomic mass is 9.83. The number of carbonyl (C=O) groups is 4. The second-order valence-electron chi connectivity index (χ2n) is 10.5. The number of imide groups is 1. The predicted octanol–water partition coefficient (Wildman–Crippen LogP) is 5.45. The van der Waals surface area contributed by atoms with Crippen LogP contribution in [0.4, 0.5) is 24.5 Å². The van der Waals surface area contributed by atoms with Crippen LogP contribution in [-0.4, -0.2) is 47.1 Å². The molecule has 0 bridgehead atoms. The van der Waals surface area contributed by atoms with Crippen molar-refractivity contribution in [1.82, 2.24) is 4.98 Å². The van der Waals surface area contributed by atoms with Crippen molar-refractivity contribution in [2.24, 2.45) is 5.92 Å². The highest BCUT2D eigenvalue weighted by molar-refractivity contribution is 8.00. The lowest BCUT2D eigenvalue weighted by Crippen LogP contribution is -2.32. The monoisotopic (exact) mass is 683 g/mol. The Hall–Kier alpha value is -4.89. The van der Waals surface area contributed by atoms with Gasteiger partial charge in [0.25, 0.3) is 5.91 Å². The minimum Gasteiger partial charge on any atom is -0.484 e. The van der Waals surface area contributed by atoms with Crippen LogP contribution >= 0.6 is 23.1 Å². The van der Waals surface area contributed by atoms with E-state index in [0.717, 1.165) is 46.2 Å². The number of nitrogens with zero attached hydrogens (tertiary/aromatic N) is 1. The highest BCUT2D eigenvalue weighted by Crippen LogP contribution is 2.53. The molecule has 3 amide bonds. The number of thiazole rings is 1. The summed E-state index contributed by atoms with van der Waals surface area (Å²) < 4.78 is 50.8. The molecule has 2 aliphatic rings. The van der Waals surface area contributed by atoms with E-state index in [4.69, 9.17) is 9.47 Å². The third kappa shape index (κ3) is 6.40. The van der Waals surface area contributed by atoms with E-state index in [1.165, 1.54) is 18.2 Å². The van der Waals surface area contributed by atoms with E-state index in [1.807, 2.05) is 0 Å². The summed E-state index contributed by atoms with van der Waals surface area (Å²) in [5, 5.41) is 2.10. The van der Waals surface area contributed by atoms with Crippen LogP contribution in [0.15, 0.2) is 82.6 Å². The smallest absolute Gasteiger partial charge is 0.416 e. The van der Waals surface area contributed by atoms with Crippen molar-refractivity contribution >= 4 is 58.2 Å². The Balaban J connectivity index is 1.19. The quantitative estimate of drug-likeness (QED) is 0.185. The van der Waals surface area contributed by atoms with Crippen LogP contribution < -0.4 is 19.8 Å². The Kier molecular flexibility index (Phi) is 8.68. The highest BCUT2D eigenvalue weighted by Gasteiger charge is 2.56. The molecule has 3 aromatic carbocycles. The van der Waals surface area contributed by atoms with Crippen molar-refractivity contribution in [1.29, 1.82) is 0 Å². The summed E-state index contributed by atoms with van der Waals surface area (Å²) in [5.74, 6) is -3.69. The zero-order valence-electron chi connectivity index (χ0n) is 24.3. The molecule has 0 spiro atoms. The standard InChI is InChI=1S/C32H24F3N3O7S2/c1-2-44-30(42)17-6-10-19(11-7-17)36-22(39)15-45-21-12-8-16(9-13-21)23-24-26(46-27-25(23)47-31(43)37-27)29(41)38(28(24)40)20-5-3-4-18(14-20)32(33,34)35/h3-14,23-24,26H,2,15H2,1H3,(H,36,39)(H,37,43)/t23-,24-,26+/m0/s1. The topological polar surface area (TPSA) is 135 Å². The number of hydrogen-bond donors (Lipinski definition) is 2. The van der Waals surface area contributed by atoms with E-state index < -0.39 is 52.5 Å². The van der Waals surface area contributed by atoms with Gasteiger partial charge in [-0.25, -0.2) is 9.69 Å². The van der Waals surface area contributed by atoms with Crippen molar-refractivity contribution in [3.8, 4) is 5.75 Å². The van der Waals surface area contributed by atoms with E-state index in [0.29, 0.717) is 32.5 Å². The summed E-state index contributed by atoms with van der Waals surface area (Å²) in [5.41, 5.74) is 0.187. The minimum absolute atomic E-state index is 0.183. The van der Waals surface area contributed by atoms with Gasteiger partial charge in [-0.1, -0.05) is 41.3 Å². The van der Waals surface area contributed by atoms with E-state index >= 15 is 0 Å². The predicted molar refractivity (Wildman–Crippen MR) is 167 cm³/mol. The number of alkyl halides is 3. The fourth-order valence-electron chi connectivity index (χ4n) is 5.47. The van der Waals surface area contributed by atoms with Crippen molar-refractivity contribution < 1.29 is 41.8 Å². The SMILES string of the molecule is CCOC(=O)c1ccc(NC(=O)COc2ccc([C@@H]3c4sc(=O)[nH]c4S[C@H]4C(=O)N(c5cccc(C(F)(F)F)c5)C(=O)[C@@H]34)cc2)cc1.